The van der Waals surface area contributed by atoms with Gasteiger partial charge in [0.2, 0.25) is 0 Å². The van der Waals surface area contributed by atoms with Crippen molar-refractivity contribution in [3.8, 4) is 0 Å². The molecule has 4 nitrogen and oxygen atoms in total. The third kappa shape index (κ3) is 3.43. The first kappa shape index (κ1) is 16.8. The van der Waals surface area contributed by atoms with Gasteiger partial charge < -0.3 is 4.74 Å². The maximum Gasteiger partial charge on any atom is 0.415 e. The Morgan fingerprint density at radius 1 is 1.36 bits per heavy atom. The van der Waals surface area contributed by atoms with Crippen molar-refractivity contribution in [2.24, 2.45) is 0 Å². The number of benzene rings is 1. The lowest BCUT2D eigenvalue weighted by molar-refractivity contribution is 0.0559. The maximum atomic E-state index is 12.6. The van der Waals surface area contributed by atoms with Gasteiger partial charge in [-0.2, -0.15) is 0 Å². The zero-order chi connectivity index (χ0) is 16.5. The van der Waals surface area contributed by atoms with Gasteiger partial charge >= 0.3 is 6.09 Å². The van der Waals surface area contributed by atoms with Crippen LogP contribution >= 0.6 is 11.6 Å². The van der Waals surface area contributed by atoms with Gasteiger partial charge in [-0.05, 0) is 45.4 Å². The molecule has 1 aliphatic rings. The van der Waals surface area contributed by atoms with E-state index in [2.05, 4.69) is 6.92 Å². The summed E-state index contributed by atoms with van der Waals surface area (Å²) >= 11 is 5.99. The molecule has 0 bridgehead atoms. The zero-order valence-electron chi connectivity index (χ0n) is 13.5. The normalized spacial score (nSPS) is 17.6. The summed E-state index contributed by atoms with van der Waals surface area (Å²) in [7, 11) is 0. The summed E-state index contributed by atoms with van der Waals surface area (Å²) in [6.45, 7) is 7.49. The lowest BCUT2D eigenvalue weighted by Crippen LogP contribution is -2.43. The third-order valence-electron chi connectivity index (χ3n) is 3.52. The molecular weight excluding hydrogens is 302 g/mol. The van der Waals surface area contributed by atoms with E-state index in [1.54, 1.807) is 18.2 Å². The predicted molar refractivity (Wildman–Crippen MR) is 87.8 cm³/mol. The van der Waals surface area contributed by atoms with E-state index in [0.717, 1.165) is 12.8 Å². The van der Waals surface area contributed by atoms with Crippen LogP contribution in [0.2, 0.25) is 5.02 Å². The predicted octanol–water partition coefficient (Wildman–Crippen LogP) is 4.84. The Labute approximate surface area is 136 Å². The fourth-order valence-electron chi connectivity index (χ4n) is 2.57. The standard InChI is InChI=1S/C17H22ClNO3/c1-5-6-7-14-15(20)12-10-11(18)8-9-13(12)19(14)16(21)22-17(2,3)4/h8-10,14H,5-7H2,1-4H3. The first-order valence-electron chi connectivity index (χ1n) is 7.60. The van der Waals surface area contributed by atoms with E-state index in [0.29, 0.717) is 22.7 Å². The first-order chi connectivity index (χ1) is 10.2. The van der Waals surface area contributed by atoms with Gasteiger partial charge in [-0.15, -0.1) is 0 Å². The summed E-state index contributed by atoms with van der Waals surface area (Å²) in [5, 5.41) is 0.493. The van der Waals surface area contributed by atoms with Crippen molar-refractivity contribution in [1.29, 1.82) is 0 Å². The van der Waals surface area contributed by atoms with E-state index in [4.69, 9.17) is 16.3 Å². The first-order valence-corrected chi connectivity index (χ1v) is 7.98. The number of ketones is 1. The Morgan fingerprint density at radius 3 is 2.64 bits per heavy atom. The zero-order valence-corrected chi connectivity index (χ0v) is 14.2. The van der Waals surface area contributed by atoms with E-state index in [1.807, 2.05) is 20.8 Å². The van der Waals surface area contributed by atoms with E-state index in [1.165, 1.54) is 4.90 Å². The van der Waals surface area contributed by atoms with Crippen molar-refractivity contribution < 1.29 is 14.3 Å². The summed E-state index contributed by atoms with van der Waals surface area (Å²) in [6.07, 6.45) is 1.98. The number of fused-ring (bicyclic) bond motifs is 1. The van der Waals surface area contributed by atoms with Gasteiger partial charge in [0.25, 0.3) is 0 Å². The van der Waals surface area contributed by atoms with E-state index in [9.17, 15) is 9.59 Å². The lowest BCUT2D eigenvalue weighted by Gasteiger charge is -2.28. The number of hydrogen-bond donors (Lipinski definition) is 0. The Hall–Kier alpha value is -1.55. The number of unbranched alkanes of at least 4 members (excludes halogenated alkanes) is 1. The number of ether oxygens (including phenoxy) is 1. The Morgan fingerprint density at radius 2 is 2.05 bits per heavy atom. The van der Waals surface area contributed by atoms with E-state index in [-0.39, 0.29) is 5.78 Å². The minimum Gasteiger partial charge on any atom is -0.443 e. The Bertz CT molecular complexity index is 592. The Kier molecular flexibility index (Phi) is 4.81. The van der Waals surface area contributed by atoms with Crippen molar-refractivity contribution in [2.75, 3.05) is 4.90 Å². The minimum atomic E-state index is -0.607. The molecule has 0 spiro atoms. The highest BCUT2D eigenvalue weighted by Crippen LogP contribution is 2.36. The second-order valence-corrected chi connectivity index (χ2v) is 6.97. The van der Waals surface area contributed by atoms with Gasteiger partial charge in [0.15, 0.2) is 5.78 Å². The van der Waals surface area contributed by atoms with Gasteiger partial charge in [0, 0.05) is 10.6 Å². The third-order valence-corrected chi connectivity index (χ3v) is 3.75. The highest BCUT2D eigenvalue weighted by atomic mass is 35.5. The molecule has 1 aliphatic heterocycles. The quantitative estimate of drug-likeness (QED) is 0.799. The lowest BCUT2D eigenvalue weighted by atomic mass is 10.0. The largest absolute Gasteiger partial charge is 0.443 e. The van der Waals surface area contributed by atoms with Gasteiger partial charge in [-0.1, -0.05) is 31.4 Å². The molecule has 1 heterocycles. The van der Waals surface area contributed by atoms with Crippen LogP contribution in [-0.4, -0.2) is 23.5 Å². The number of carbonyl (C=O) groups is 2. The summed E-state index contributed by atoms with van der Waals surface area (Å²) in [6, 6.07) is 4.53. The summed E-state index contributed by atoms with van der Waals surface area (Å²) < 4.78 is 5.47. The molecule has 0 saturated heterocycles. The van der Waals surface area contributed by atoms with Gasteiger partial charge in [-0.25, -0.2) is 4.79 Å². The molecule has 0 fully saturated rings. The fraction of sp³-hybridized carbons (Fsp3) is 0.529. The molecule has 120 valence electrons. The number of amides is 1. The molecule has 22 heavy (non-hydrogen) atoms. The maximum absolute atomic E-state index is 12.6. The number of rotatable bonds is 3. The van der Waals surface area contributed by atoms with Gasteiger partial charge in [-0.3, -0.25) is 9.69 Å². The van der Waals surface area contributed by atoms with Crippen molar-refractivity contribution in [3.63, 3.8) is 0 Å². The van der Waals surface area contributed by atoms with Crippen LogP contribution in [0.15, 0.2) is 18.2 Å². The average molecular weight is 324 g/mol. The van der Waals surface area contributed by atoms with Crippen molar-refractivity contribution >= 4 is 29.2 Å². The second kappa shape index (κ2) is 6.29. The molecule has 0 radical (unpaired) electrons. The number of carbonyl (C=O) groups excluding carboxylic acids is 2. The van der Waals surface area contributed by atoms with Crippen LogP contribution in [0.4, 0.5) is 10.5 Å². The smallest absolute Gasteiger partial charge is 0.415 e. The second-order valence-electron chi connectivity index (χ2n) is 6.53. The molecule has 1 atom stereocenters. The molecule has 0 saturated carbocycles. The van der Waals surface area contributed by atoms with Crippen LogP contribution in [0.25, 0.3) is 0 Å². The summed E-state index contributed by atoms with van der Waals surface area (Å²) in [5.74, 6) is -0.0585. The molecule has 1 aromatic carbocycles. The Balaban J connectivity index is 2.38. The van der Waals surface area contributed by atoms with Crippen LogP contribution < -0.4 is 4.90 Å². The minimum absolute atomic E-state index is 0.0585. The molecule has 0 N–H and O–H groups in total. The van der Waals surface area contributed by atoms with Crippen LogP contribution in [0.5, 0.6) is 0 Å². The van der Waals surface area contributed by atoms with Gasteiger partial charge in [0.05, 0.1) is 5.69 Å². The van der Waals surface area contributed by atoms with Crippen LogP contribution in [0.3, 0.4) is 0 Å². The van der Waals surface area contributed by atoms with Gasteiger partial charge in [0.1, 0.15) is 11.6 Å². The average Bonchev–Trinajstić information content (AvgIpc) is 2.67. The molecular formula is C17H22ClNO3. The fourth-order valence-corrected chi connectivity index (χ4v) is 2.75. The topological polar surface area (TPSA) is 46.6 Å². The van der Waals surface area contributed by atoms with E-state index >= 15 is 0 Å². The highest BCUT2D eigenvalue weighted by molar-refractivity contribution is 6.31. The number of halogens is 1. The SMILES string of the molecule is CCCCC1C(=O)c2cc(Cl)ccc2N1C(=O)OC(C)(C)C. The number of nitrogens with zero attached hydrogens (tertiary/aromatic N) is 1. The molecule has 1 amide bonds. The molecule has 0 aromatic heterocycles. The van der Waals surface area contributed by atoms with Crippen LogP contribution in [-0.2, 0) is 4.74 Å². The summed E-state index contributed by atoms with van der Waals surface area (Å²) in [5.41, 5.74) is 0.481. The molecule has 5 heteroatoms. The molecule has 2 rings (SSSR count). The van der Waals surface area contributed by atoms with Crippen molar-refractivity contribution in [2.45, 2.75) is 58.6 Å². The van der Waals surface area contributed by atoms with Crippen molar-refractivity contribution in [3.05, 3.63) is 28.8 Å². The number of Topliss-reactive ketones (excluding diaryl/α,β-unsaturated/α-hetero) is 1. The van der Waals surface area contributed by atoms with E-state index < -0.39 is 17.7 Å². The monoisotopic (exact) mass is 323 g/mol. The van der Waals surface area contributed by atoms with Crippen LogP contribution in [0.1, 0.15) is 57.3 Å². The highest BCUT2D eigenvalue weighted by Gasteiger charge is 2.42. The number of hydrogen-bond acceptors (Lipinski definition) is 3. The summed E-state index contributed by atoms with van der Waals surface area (Å²) in [4.78, 5) is 26.7. The van der Waals surface area contributed by atoms with Crippen LogP contribution in [0, 0.1) is 0 Å². The molecule has 1 aromatic rings. The number of anilines is 1. The molecule has 1 unspecified atom stereocenters. The molecule has 0 aliphatic carbocycles. The van der Waals surface area contributed by atoms with Crippen molar-refractivity contribution in [1.82, 2.24) is 0 Å².